The molecule has 1 saturated heterocycles. The highest BCUT2D eigenvalue weighted by Gasteiger charge is 2.21. The van der Waals surface area contributed by atoms with E-state index in [0.717, 1.165) is 18.8 Å². The number of carbonyl (C=O) groups is 1. The number of hydrogen-bond acceptors (Lipinski definition) is 6. The number of hydrogen-bond donors (Lipinski definition) is 0. The summed E-state index contributed by atoms with van der Waals surface area (Å²) in [5.41, 5.74) is 2.90. The lowest BCUT2D eigenvalue weighted by Gasteiger charge is -2.36. The minimum Gasteiger partial charge on any atom is -0.368 e. The molecule has 1 aliphatic heterocycles. The zero-order chi connectivity index (χ0) is 20.1. The van der Waals surface area contributed by atoms with Gasteiger partial charge in [0.25, 0.3) is 5.69 Å². The molecule has 144 valence electrons. The van der Waals surface area contributed by atoms with Crippen LogP contribution in [0.4, 0.5) is 22.7 Å². The Morgan fingerprint density at radius 2 is 1.46 bits per heavy atom. The second-order valence-electron chi connectivity index (χ2n) is 6.55. The number of nitro benzene ring substituents is 1. The van der Waals surface area contributed by atoms with Crippen molar-refractivity contribution in [2.24, 2.45) is 10.2 Å². The highest BCUT2D eigenvalue weighted by atomic mass is 16.6. The zero-order valence-electron chi connectivity index (χ0n) is 15.6. The molecule has 0 aliphatic carbocycles. The summed E-state index contributed by atoms with van der Waals surface area (Å²) in [6.45, 7) is 8.33. The van der Waals surface area contributed by atoms with Crippen LogP contribution in [0.3, 0.4) is 0 Å². The maximum absolute atomic E-state index is 12.0. The van der Waals surface area contributed by atoms with Crippen LogP contribution in [0.5, 0.6) is 0 Å². The normalized spacial score (nSPS) is 14.3. The molecule has 1 aliphatic rings. The highest BCUT2D eigenvalue weighted by molar-refractivity contribution is 5.92. The van der Waals surface area contributed by atoms with E-state index >= 15 is 0 Å². The number of azo groups is 1. The predicted octanol–water partition coefficient (Wildman–Crippen LogP) is 4.23. The third kappa shape index (κ3) is 4.59. The average molecular weight is 379 g/mol. The average Bonchev–Trinajstić information content (AvgIpc) is 2.72. The number of nitrogens with zero attached hydrogens (tertiary/aromatic N) is 5. The van der Waals surface area contributed by atoms with E-state index in [1.54, 1.807) is 19.1 Å². The predicted molar refractivity (Wildman–Crippen MR) is 107 cm³/mol. The van der Waals surface area contributed by atoms with Crippen LogP contribution in [0.15, 0.2) is 70.9 Å². The van der Waals surface area contributed by atoms with Gasteiger partial charge in [0, 0.05) is 49.6 Å². The van der Waals surface area contributed by atoms with E-state index in [0.29, 0.717) is 30.0 Å². The fraction of sp³-hybridized carbons (Fsp3) is 0.250. The van der Waals surface area contributed by atoms with Crippen LogP contribution in [0, 0.1) is 10.1 Å². The third-order valence-corrected chi connectivity index (χ3v) is 4.49. The Kier molecular flexibility index (Phi) is 5.78. The van der Waals surface area contributed by atoms with Gasteiger partial charge in [-0.3, -0.25) is 14.9 Å². The van der Waals surface area contributed by atoms with Gasteiger partial charge in [-0.2, -0.15) is 10.2 Å². The van der Waals surface area contributed by atoms with Crippen LogP contribution in [-0.4, -0.2) is 41.9 Å². The summed E-state index contributed by atoms with van der Waals surface area (Å²) in [6, 6.07) is 13.6. The second kappa shape index (κ2) is 8.43. The Morgan fingerprint density at radius 3 is 1.93 bits per heavy atom. The van der Waals surface area contributed by atoms with Crippen molar-refractivity contribution >= 4 is 28.7 Å². The molecule has 0 spiro atoms. The van der Waals surface area contributed by atoms with Gasteiger partial charge in [-0.05, 0) is 43.3 Å². The van der Waals surface area contributed by atoms with Gasteiger partial charge in [0.2, 0.25) is 5.91 Å². The van der Waals surface area contributed by atoms with Crippen LogP contribution in [0.1, 0.15) is 6.92 Å². The topological polar surface area (TPSA) is 91.4 Å². The summed E-state index contributed by atoms with van der Waals surface area (Å²) in [5.74, 6) is 0.0154. The summed E-state index contributed by atoms with van der Waals surface area (Å²) < 4.78 is 0. The monoisotopic (exact) mass is 379 g/mol. The van der Waals surface area contributed by atoms with E-state index in [9.17, 15) is 14.9 Å². The molecular weight excluding hydrogens is 358 g/mol. The molecular formula is C20H21N5O3. The molecule has 1 heterocycles. The van der Waals surface area contributed by atoms with Crippen molar-refractivity contribution in [2.45, 2.75) is 6.92 Å². The molecule has 1 amide bonds. The van der Waals surface area contributed by atoms with Crippen LogP contribution in [-0.2, 0) is 4.79 Å². The molecule has 28 heavy (non-hydrogen) atoms. The number of non-ortho nitro benzene ring substituents is 1. The van der Waals surface area contributed by atoms with E-state index in [4.69, 9.17) is 0 Å². The lowest BCUT2D eigenvalue weighted by Crippen LogP contribution is -2.48. The first-order valence-electron chi connectivity index (χ1n) is 8.90. The first-order chi connectivity index (χ1) is 13.4. The molecule has 1 fully saturated rings. The molecule has 0 unspecified atom stereocenters. The Morgan fingerprint density at radius 1 is 0.964 bits per heavy atom. The van der Waals surface area contributed by atoms with E-state index in [1.807, 2.05) is 29.2 Å². The van der Waals surface area contributed by atoms with Gasteiger partial charge in [-0.25, -0.2) is 0 Å². The van der Waals surface area contributed by atoms with Gasteiger partial charge in [0.05, 0.1) is 16.3 Å². The van der Waals surface area contributed by atoms with Gasteiger partial charge < -0.3 is 9.80 Å². The van der Waals surface area contributed by atoms with Crippen molar-refractivity contribution in [3.05, 3.63) is 70.8 Å². The molecule has 0 bridgehead atoms. The van der Waals surface area contributed by atoms with E-state index in [2.05, 4.69) is 21.7 Å². The number of nitro groups is 1. The molecule has 0 radical (unpaired) electrons. The number of amides is 1. The largest absolute Gasteiger partial charge is 0.368 e. The maximum atomic E-state index is 12.0. The molecule has 2 aromatic carbocycles. The van der Waals surface area contributed by atoms with Crippen LogP contribution in [0.2, 0.25) is 0 Å². The van der Waals surface area contributed by atoms with Gasteiger partial charge in [-0.1, -0.05) is 6.58 Å². The number of benzene rings is 2. The Hall–Kier alpha value is -3.55. The van der Waals surface area contributed by atoms with E-state index in [-0.39, 0.29) is 11.6 Å². The van der Waals surface area contributed by atoms with Crippen LogP contribution in [0.25, 0.3) is 0 Å². The van der Waals surface area contributed by atoms with Crippen LogP contribution < -0.4 is 4.90 Å². The fourth-order valence-corrected chi connectivity index (χ4v) is 2.92. The molecule has 0 aromatic heterocycles. The molecule has 0 atom stereocenters. The molecule has 2 aromatic rings. The highest BCUT2D eigenvalue weighted by Crippen LogP contribution is 2.24. The third-order valence-electron chi connectivity index (χ3n) is 4.49. The quantitative estimate of drug-likeness (QED) is 0.336. The van der Waals surface area contributed by atoms with Gasteiger partial charge in [0.1, 0.15) is 0 Å². The lowest BCUT2D eigenvalue weighted by molar-refractivity contribution is -0.384. The summed E-state index contributed by atoms with van der Waals surface area (Å²) in [7, 11) is 0. The minimum atomic E-state index is -0.450. The van der Waals surface area contributed by atoms with Gasteiger partial charge in [-0.15, -0.1) is 0 Å². The van der Waals surface area contributed by atoms with E-state index in [1.165, 1.54) is 12.1 Å². The van der Waals surface area contributed by atoms with Crippen molar-refractivity contribution in [1.82, 2.24) is 4.90 Å². The van der Waals surface area contributed by atoms with Crippen molar-refractivity contribution in [3.8, 4) is 0 Å². The molecule has 0 N–H and O–H groups in total. The number of anilines is 1. The number of piperazine rings is 1. The van der Waals surface area contributed by atoms with Crippen LogP contribution >= 0.6 is 0 Å². The van der Waals surface area contributed by atoms with Crippen molar-refractivity contribution < 1.29 is 9.72 Å². The Balaban J connectivity index is 1.59. The molecule has 0 saturated carbocycles. The standard InChI is InChI=1S/C20H21N5O3/c1-15(2)20(26)24-13-11-23(12-14-24)18-7-3-16(4-8-18)21-22-17-5-9-19(10-6-17)25(27)28/h3-10H,1,11-14H2,2H3. The smallest absolute Gasteiger partial charge is 0.269 e. The molecule has 8 nitrogen and oxygen atoms in total. The second-order valence-corrected chi connectivity index (χ2v) is 6.55. The number of rotatable bonds is 5. The Labute approximate surface area is 162 Å². The summed E-state index contributed by atoms with van der Waals surface area (Å²) in [4.78, 5) is 26.2. The first-order valence-corrected chi connectivity index (χ1v) is 8.90. The SMILES string of the molecule is C=C(C)C(=O)N1CCN(c2ccc(N=Nc3ccc([N+](=O)[O-])cc3)cc2)CC1. The summed E-state index contributed by atoms with van der Waals surface area (Å²) in [5, 5.41) is 18.9. The fourth-order valence-electron chi connectivity index (χ4n) is 2.92. The van der Waals surface area contributed by atoms with Crippen molar-refractivity contribution in [2.75, 3.05) is 31.1 Å². The maximum Gasteiger partial charge on any atom is 0.269 e. The van der Waals surface area contributed by atoms with E-state index < -0.39 is 4.92 Å². The van der Waals surface area contributed by atoms with Crippen molar-refractivity contribution in [3.63, 3.8) is 0 Å². The van der Waals surface area contributed by atoms with Gasteiger partial charge >= 0.3 is 0 Å². The zero-order valence-corrected chi connectivity index (χ0v) is 15.6. The van der Waals surface area contributed by atoms with Gasteiger partial charge in [0.15, 0.2) is 0 Å². The summed E-state index contributed by atoms with van der Waals surface area (Å²) >= 11 is 0. The number of carbonyl (C=O) groups excluding carboxylic acids is 1. The molecule has 3 rings (SSSR count). The van der Waals surface area contributed by atoms with Crippen molar-refractivity contribution in [1.29, 1.82) is 0 Å². The summed E-state index contributed by atoms with van der Waals surface area (Å²) in [6.07, 6.45) is 0. The minimum absolute atomic E-state index is 0.0154. The lowest BCUT2D eigenvalue weighted by atomic mass is 10.2. The first kappa shape index (κ1) is 19.2. The Bertz CT molecular complexity index is 898. The molecule has 8 heteroatoms.